The quantitative estimate of drug-likeness (QED) is 0.197. The number of ether oxygens (including phenoxy) is 2. The Morgan fingerprint density at radius 1 is 1.11 bits per heavy atom. The van der Waals surface area contributed by atoms with Crippen molar-refractivity contribution in [3.63, 3.8) is 0 Å². The third-order valence-electron chi connectivity index (χ3n) is 5.59. The number of carbonyl (C=O) groups is 3. The number of anilines is 1. The van der Waals surface area contributed by atoms with Crippen molar-refractivity contribution in [2.75, 3.05) is 18.1 Å². The van der Waals surface area contributed by atoms with Crippen molar-refractivity contribution in [1.82, 2.24) is 4.98 Å². The highest BCUT2D eigenvalue weighted by molar-refractivity contribution is 7.17. The predicted molar refractivity (Wildman–Crippen MR) is 136 cm³/mol. The first-order chi connectivity index (χ1) is 17.4. The molecule has 1 saturated heterocycles. The van der Waals surface area contributed by atoms with Crippen LogP contribution in [0.15, 0.2) is 60.2 Å². The van der Waals surface area contributed by atoms with Gasteiger partial charge in [0.1, 0.15) is 16.4 Å². The fourth-order valence-electron chi connectivity index (χ4n) is 3.96. The van der Waals surface area contributed by atoms with E-state index < -0.39 is 23.7 Å². The molecule has 1 unspecified atom stereocenters. The van der Waals surface area contributed by atoms with Crippen LogP contribution in [0.1, 0.15) is 52.8 Å². The number of aryl methyl sites for hydroxylation is 1. The van der Waals surface area contributed by atoms with Gasteiger partial charge >= 0.3 is 11.9 Å². The summed E-state index contributed by atoms with van der Waals surface area (Å²) in [6.45, 7) is 6.03. The molecule has 1 aromatic heterocycles. The summed E-state index contributed by atoms with van der Waals surface area (Å²) in [5, 5.41) is 11.5. The highest BCUT2D eigenvalue weighted by atomic mass is 32.1. The average Bonchev–Trinajstić information content (AvgIpc) is 3.40. The number of thiazole rings is 1. The number of aromatic nitrogens is 1. The molecule has 1 atom stereocenters. The molecule has 1 aliphatic rings. The molecule has 2 aromatic carbocycles. The van der Waals surface area contributed by atoms with Crippen LogP contribution in [0.5, 0.6) is 5.75 Å². The number of nitrogens with zero attached hydrogens (tertiary/aromatic N) is 2. The Bertz CT molecular complexity index is 1330. The SMILES string of the molecule is CCCOc1cccc(C(O)=C2C(=O)C(=O)N(c3nc(C)c(C(=O)OCC)s3)C2c2ccccc2)c1. The molecule has 2 heterocycles. The molecule has 1 amide bonds. The Morgan fingerprint density at radius 3 is 2.56 bits per heavy atom. The number of hydrogen-bond acceptors (Lipinski definition) is 8. The third kappa shape index (κ3) is 4.74. The zero-order valence-corrected chi connectivity index (χ0v) is 21.0. The largest absolute Gasteiger partial charge is 0.507 e. The fraction of sp³-hybridized carbons (Fsp3) is 0.259. The Hall–Kier alpha value is -3.98. The zero-order valence-electron chi connectivity index (χ0n) is 20.2. The smallest absolute Gasteiger partial charge is 0.350 e. The van der Waals surface area contributed by atoms with Gasteiger partial charge in [-0.05, 0) is 38.0 Å². The molecule has 3 aromatic rings. The molecule has 0 saturated carbocycles. The molecular weight excluding hydrogens is 480 g/mol. The number of aliphatic hydroxyl groups is 1. The Labute approximate surface area is 212 Å². The molecule has 186 valence electrons. The zero-order chi connectivity index (χ0) is 25.8. The van der Waals surface area contributed by atoms with Crippen LogP contribution in [0.4, 0.5) is 5.13 Å². The van der Waals surface area contributed by atoms with E-state index in [2.05, 4.69) is 4.98 Å². The van der Waals surface area contributed by atoms with Crippen LogP contribution in [0.3, 0.4) is 0 Å². The number of carbonyl (C=O) groups excluding carboxylic acids is 3. The van der Waals surface area contributed by atoms with Crippen LogP contribution in [-0.4, -0.2) is 41.0 Å². The summed E-state index contributed by atoms with van der Waals surface area (Å²) >= 11 is 0.973. The molecule has 0 radical (unpaired) electrons. The van der Waals surface area contributed by atoms with Crippen LogP contribution in [0.2, 0.25) is 0 Å². The summed E-state index contributed by atoms with van der Waals surface area (Å²) in [5.74, 6) is -2.00. The van der Waals surface area contributed by atoms with E-state index in [0.29, 0.717) is 29.2 Å². The molecule has 1 fully saturated rings. The maximum Gasteiger partial charge on any atom is 0.350 e. The summed E-state index contributed by atoms with van der Waals surface area (Å²) in [6.07, 6.45) is 0.816. The third-order valence-corrected chi connectivity index (χ3v) is 6.73. The van der Waals surface area contributed by atoms with Gasteiger partial charge in [-0.1, -0.05) is 60.7 Å². The number of Topliss-reactive ketones (excluding diaryl/α,β-unsaturated/α-hetero) is 1. The number of hydrogen-bond donors (Lipinski definition) is 1. The van der Waals surface area contributed by atoms with Crippen LogP contribution >= 0.6 is 11.3 Å². The second kappa shape index (κ2) is 10.7. The number of benzene rings is 2. The van der Waals surface area contributed by atoms with Gasteiger partial charge in [0.25, 0.3) is 5.78 Å². The van der Waals surface area contributed by atoms with Crippen molar-refractivity contribution in [2.45, 2.75) is 33.2 Å². The van der Waals surface area contributed by atoms with E-state index >= 15 is 0 Å². The van der Waals surface area contributed by atoms with E-state index in [-0.39, 0.29) is 27.9 Å². The molecule has 0 spiro atoms. The lowest BCUT2D eigenvalue weighted by atomic mass is 9.95. The van der Waals surface area contributed by atoms with Gasteiger partial charge in [-0.3, -0.25) is 14.5 Å². The van der Waals surface area contributed by atoms with E-state index in [9.17, 15) is 19.5 Å². The summed E-state index contributed by atoms with van der Waals surface area (Å²) in [6, 6.07) is 14.7. The van der Waals surface area contributed by atoms with Gasteiger partial charge < -0.3 is 14.6 Å². The molecule has 36 heavy (non-hydrogen) atoms. The van der Waals surface area contributed by atoms with Gasteiger partial charge in [0.15, 0.2) is 5.13 Å². The lowest BCUT2D eigenvalue weighted by Crippen LogP contribution is -2.29. The monoisotopic (exact) mass is 506 g/mol. The summed E-state index contributed by atoms with van der Waals surface area (Å²) < 4.78 is 10.8. The molecule has 9 heteroatoms. The van der Waals surface area contributed by atoms with Gasteiger partial charge in [-0.25, -0.2) is 9.78 Å². The van der Waals surface area contributed by atoms with Crippen LogP contribution in [0, 0.1) is 6.92 Å². The van der Waals surface area contributed by atoms with E-state index in [4.69, 9.17) is 9.47 Å². The lowest BCUT2D eigenvalue weighted by molar-refractivity contribution is -0.132. The minimum Gasteiger partial charge on any atom is -0.507 e. The van der Waals surface area contributed by atoms with Gasteiger partial charge in [0.2, 0.25) is 0 Å². The highest BCUT2D eigenvalue weighted by Gasteiger charge is 2.48. The van der Waals surface area contributed by atoms with Crippen molar-refractivity contribution in [3.05, 3.63) is 81.9 Å². The Balaban J connectivity index is 1.86. The average molecular weight is 507 g/mol. The lowest BCUT2D eigenvalue weighted by Gasteiger charge is -2.23. The van der Waals surface area contributed by atoms with Crippen LogP contribution < -0.4 is 9.64 Å². The van der Waals surface area contributed by atoms with E-state index in [1.165, 1.54) is 4.90 Å². The molecule has 0 bridgehead atoms. The number of aliphatic hydroxyl groups excluding tert-OH is 1. The standard InChI is InChI=1S/C27H26N2O6S/c1-4-14-35-19-13-9-12-18(15-19)22(30)20-21(17-10-7-6-8-11-17)29(25(32)23(20)31)27-28-16(3)24(36-27)26(33)34-5-2/h6-13,15,21,30H,4-5,14H2,1-3H3. The van der Waals surface area contributed by atoms with Gasteiger partial charge in [-0.2, -0.15) is 0 Å². The maximum atomic E-state index is 13.3. The molecule has 1 aliphatic heterocycles. The normalized spacial score (nSPS) is 16.9. The second-order valence-electron chi connectivity index (χ2n) is 8.09. The van der Waals surface area contributed by atoms with Crippen molar-refractivity contribution >= 4 is 39.9 Å². The second-order valence-corrected chi connectivity index (χ2v) is 9.07. The Morgan fingerprint density at radius 2 is 1.86 bits per heavy atom. The molecule has 0 aliphatic carbocycles. The van der Waals surface area contributed by atoms with Crippen LogP contribution in [0.25, 0.3) is 5.76 Å². The minimum absolute atomic E-state index is 0.0654. The summed E-state index contributed by atoms with van der Waals surface area (Å²) in [5.41, 5.74) is 1.29. The van der Waals surface area contributed by atoms with Gasteiger partial charge in [-0.15, -0.1) is 0 Å². The van der Waals surface area contributed by atoms with E-state index in [1.54, 1.807) is 62.4 Å². The van der Waals surface area contributed by atoms with E-state index in [0.717, 1.165) is 17.8 Å². The first kappa shape index (κ1) is 25.1. The molecule has 1 N–H and O–H groups in total. The van der Waals surface area contributed by atoms with Gasteiger partial charge in [0, 0.05) is 5.56 Å². The van der Waals surface area contributed by atoms with Crippen LogP contribution in [-0.2, 0) is 14.3 Å². The van der Waals surface area contributed by atoms with Gasteiger partial charge in [0.05, 0.1) is 30.5 Å². The Kier molecular flexibility index (Phi) is 7.49. The molecular formula is C27H26N2O6S. The summed E-state index contributed by atoms with van der Waals surface area (Å²) in [7, 11) is 0. The number of ketones is 1. The predicted octanol–water partition coefficient (Wildman–Crippen LogP) is 5.04. The topological polar surface area (TPSA) is 106 Å². The van der Waals surface area contributed by atoms with Crippen molar-refractivity contribution < 1.29 is 29.0 Å². The number of rotatable bonds is 8. The molecule has 4 rings (SSSR count). The van der Waals surface area contributed by atoms with Crippen molar-refractivity contribution in [3.8, 4) is 5.75 Å². The first-order valence-corrected chi connectivity index (χ1v) is 12.4. The van der Waals surface area contributed by atoms with Crippen molar-refractivity contribution in [1.29, 1.82) is 0 Å². The minimum atomic E-state index is -0.938. The van der Waals surface area contributed by atoms with E-state index in [1.807, 2.05) is 13.0 Å². The molecule has 8 nitrogen and oxygen atoms in total. The van der Waals surface area contributed by atoms with Crippen molar-refractivity contribution in [2.24, 2.45) is 0 Å². The summed E-state index contributed by atoms with van der Waals surface area (Å²) in [4.78, 5) is 44.9. The highest BCUT2D eigenvalue weighted by Crippen LogP contribution is 2.44. The fourth-order valence-corrected chi connectivity index (χ4v) is 4.95. The number of esters is 1. The first-order valence-electron chi connectivity index (χ1n) is 11.6. The maximum absolute atomic E-state index is 13.3. The number of amides is 1.